The Morgan fingerprint density at radius 3 is 1.07 bits per heavy atom. The van der Waals surface area contributed by atoms with Gasteiger partial charge in [-0.15, -0.1) is 0 Å². The van der Waals surface area contributed by atoms with Crippen LogP contribution >= 0.6 is 0 Å². The maximum Gasteiger partial charge on any atom is 0.221 e. The maximum atomic E-state index is 12.4. The number of hydrogen-bond donors (Lipinski definition) is 6. The first-order valence-corrected chi connectivity index (χ1v) is 15.5. The summed E-state index contributed by atoms with van der Waals surface area (Å²) in [6.45, 7) is 15.1. The number of nitrogens with one attached hydrogen (secondary N) is 4. The summed E-state index contributed by atoms with van der Waals surface area (Å²) < 4.78 is 0. The summed E-state index contributed by atoms with van der Waals surface area (Å²) >= 11 is 0. The molecule has 0 aromatic rings. The third kappa shape index (κ3) is 25.2. The van der Waals surface area contributed by atoms with E-state index in [1.807, 2.05) is 0 Å². The van der Waals surface area contributed by atoms with E-state index in [4.69, 9.17) is 11.5 Å². The fourth-order valence-corrected chi connectivity index (χ4v) is 4.00. The average molecular weight is 585 g/mol. The van der Waals surface area contributed by atoms with Crippen molar-refractivity contribution >= 4 is 23.6 Å². The molecular weight excluding hydrogens is 524 g/mol. The summed E-state index contributed by atoms with van der Waals surface area (Å²) in [6.07, 6.45) is 4.04. The molecule has 0 rings (SSSR count). The summed E-state index contributed by atoms with van der Waals surface area (Å²) in [7, 11) is 0. The number of amides is 4. The van der Waals surface area contributed by atoms with Gasteiger partial charge in [0, 0.05) is 91.1 Å². The van der Waals surface area contributed by atoms with Crippen molar-refractivity contribution in [1.29, 1.82) is 0 Å². The monoisotopic (exact) mass is 584 g/mol. The highest BCUT2D eigenvalue weighted by atomic mass is 16.2. The zero-order chi connectivity index (χ0) is 30.9. The highest BCUT2D eigenvalue weighted by molar-refractivity contribution is 5.77. The highest BCUT2D eigenvalue weighted by Gasteiger charge is 2.14. The largest absolute Gasteiger partial charge is 0.356 e. The summed E-state index contributed by atoms with van der Waals surface area (Å²) in [5, 5.41) is 11.5. The minimum absolute atomic E-state index is 0.0110. The SMILES string of the molecule is CC(C)CCNC(=O)CCN(CCCN(CCC(=O)NCCN)CCC(=O)NCCC(C)C)CCC(=O)NCCN. The average Bonchev–Trinajstić information content (AvgIpc) is 2.92. The first-order chi connectivity index (χ1) is 19.6. The molecule has 0 saturated carbocycles. The summed E-state index contributed by atoms with van der Waals surface area (Å²) in [5.74, 6) is 0.957. The van der Waals surface area contributed by atoms with E-state index in [0.717, 1.165) is 19.3 Å². The van der Waals surface area contributed by atoms with Crippen LogP contribution in [0.15, 0.2) is 0 Å². The van der Waals surface area contributed by atoms with Crippen molar-refractivity contribution in [1.82, 2.24) is 31.1 Å². The number of carbonyl (C=O) groups is 4. The standard InChI is InChI=1S/C29H60N8O4/c1-24(2)6-14-32-26(38)8-20-36(22-10-28(40)34-16-12-30)18-5-19-37(23-11-29(41)35-17-13-31)21-9-27(39)33-15-7-25(3)4/h24-25H,5-23,30-31H2,1-4H3,(H,32,38)(H,33,39)(H,34,40)(H,35,41). The molecular formula is C29H60N8O4. The minimum Gasteiger partial charge on any atom is -0.356 e. The second-order valence-corrected chi connectivity index (χ2v) is 11.4. The van der Waals surface area contributed by atoms with E-state index in [-0.39, 0.29) is 23.6 Å². The van der Waals surface area contributed by atoms with Crippen molar-refractivity contribution in [2.45, 2.75) is 72.6 Å². The van der Waals surface area contributed by atoms with Crippen molar-refractivity contribution in [2.75, 3.05) is 78.5 Å². The zero-order valence-corrected chi connectivity index (χ0v) is 26.3. The Bertz CT molecular complexity index is 663. The molecule has 0 aliphatic rings. The Kier molecular flexibility index (Phi) is 24.0. The number of nitrogens with zero attached hydrogens (tertiary/aromatic N) is 2. The van der Waals surface area contributed by atoms with Gasteiger partial charge in [-0.2, -0.15) is 0 Å². The van der Waals surface area contributed by atoms with Crippen molar-refractivity contribution in [2.24, 2.45) is 23.3 Å². The predicted molar refractivity (Wildman–Crippen MR) is 165 cm³/mol. The number of rotatable bonds is 26. The third-order valence-corrected chi connectivity index (χ3v) is 6.59. The van der Waals surface area contributed by atoms with Gasteiger partial charge >= 0.3 is 0 Å². The Labute approximate surface area is 248 Å². The van der Waals surface area contributed by atoms with Gasteiger partial charge in [0.25, 0.3) is 0 Å². The van der Waals surface area contributed by atoms with Crippen molar-refractivity contribution in [3.05, 3.63) is 0 Å². The Hall–Kier alpha value is -2.28. The molecule has 0 unspecified atom stereocenters. The van der Waals surface area contributed by atoms with Gasteiger partial charge in [0.05, 0.1) is 0 Å². The maximum absolute atomic E-state index is 12.4. The molecule has 0 bridgehead atoms. The van der Waals surface area contributed by atoms with Crippen LogP contribution in [0.1, 0.15) is 72.6 Å². The molecule has 0 aromatic carbocycles. The van der Waals surface area contributed by atoms with E-state index < -0.39 is 0 Å². The molecule has 240 valence electrons. The molecule has 0 spiro atoms. The molecule has 0 aromatic heterocycles. The molecule has 12 nitrogen and oxygen atoms in total. The van der Waals surface area contributed by atoms with Gasteiger partial charge < -0.3 is 42.5 Å². The van der Waals surface area contributed by atoms with Gasteiger partial charge in [-0.25, -0.2) is 0 Å². The molecule has 0 atom stereocenters. The van der Waals surface area contributed by atoms with E-state index >= 15 is 0 Å². The van der Waals surface area contributed by atoms with Crippen LogP contribution < -0.4 is 32.7 Å². The van der Waals surface area contributed by atoms with Gasteiger partial charge in [0.1, 0.15) is 0 Å². The molecule has 0 aliphatic heterocycles. The van der Waals surface area contributed by atoms with Crippen LogP contribution in [0.5, 0.6) is 0 Å². The molecule has 0 aliphatic carbocycles. The van der Waals surface area contributed by atoms with Crippen LogP contribution in [-0.2, 0) is 19.2 Å². The fourth-order valence-electron chi connectivity index (χ4n) is 4.00. The van der Waals surface area contributed by atoms with Crippen molar-refractivity contribution in [3.8, 4) is 0 Å². The summed E-state index contributed by atoms with van der Waals surface area (Å²) in [5.41, 5.74) is 11.0. The van der Waals surface area contributed by atoms with Crippen LogP contribution in [0.2, 0.25) is 0 Å². The fraction of sp³-hybridized carbons (Fsp3) is 0.862. The normalized spacial score (nSPS) is 11.4. The van der Waals surface area contributed by atoms with Crippen LogP contribution in [0.4, 0.5) is 0 Å². The van der Waals surface area contributed by atoms with Crippen molar-refractivity contribution in [3.63, 3.8) is 0 Å². The zero-order valence-electron chi connectivity index (χ0n) is 26.3. The van der Waals surface area contributed by atoms with Crippen LogP contribution in [-0.4, -0.2) is 112 Å². The topological polar surface area (TPSA) is 175 Å². The predicted octanol–water partition coefficient (Wildman–Crippen LogP) is 0.0153. The first kappa shape index (κ1) is 38.7. The molecule has 0 radical (unpaired) electrons. The van der Waals surface area contributed by atoms with Gasteiger partial charge in [-0.3, -0.25) is 19.2 Å². The second-order valence-electron chi connectivity index (χ2n) is 11.4. The molecule has 41 heavy (non-hydrogen) atoms. The Balaban J connectivity index is 4.97. The van der Waals surface area contributed by atoms with Gasteiger partial charge in [0.15, 0.2) is 0 Å². The van der Waals surface area contributed by atoms with E-state index in [0.29, 0.717) is 116 Å². The molecule has 0 saturated heterocycles. The number of hydrogen-bond acceptors (Lipinski definition) is 8. The summed E-state index contributed by atoms with van der Waals surface area (Å²) in [4.78, 5) is 53.3. The van der Waals surface area contributed by atoms with Crippen LogP contribution in [0.25, 0.3) is 0 Å². The van der Waals surface area contributed by atoms with E-state index in [2.05, 4.69) is 58.8 Å². The van der Waals surface area contributed by atoms with E-state index in [1.165, 1.54) is 0 Å². The smallest absolute Gasteiger partial charge is 0.221 e. The summed E-state index contributed by atoms with van der Waals surface area (Å²) in [6, 6.07) is 0. The molecule has 12 heteroatoms. The van der Waals surface area contributed by atoms with E-state index in [1.54, 1.807) is 0 Å². The van der Waals surface area contributed by atoms with Crippen LogP contribution in [0, 0.1) is 11.8 Å². The lowest BCUT2D eigenvalue weighted by molar-refractivity contribution is -0.123. The first-order valence-electron chi connectivity index (χ1n) is 15.5. The lowest BCUT2D eigenvalue weighted by Gasteiger charge is -2.26. The van der Waals surface area contributed by atoms with E-state index in [9.17, 15) is 19.2 Å². The lowest BCUT2D eigenvalue weighted by atomic mass is 10.1. The quantitative estimate of drug-likeness (QED) is 0.0825. The Morgan fingerprint density at radius 2 is 0.805 bits per heavy atom. The minimum atomic E-state index is -0.0598. The third-order valence-electron chi connectivity index (χ3n) is 6.59. The molecule has 0 heterocycles. The van der Waals surface area contributed by atoms with Gasteiger partial charge in [-0.1, -0.05) is 27.7 Å². The second kappa shape index (κ2) is 25.4. The molecule has 0 fully saturated rings. The number of carbonyl (C=O) groups excluding carboxylic acids is 4. The lowest BCUT2D eigenvalue weighted by Crippen LogP contribution is -2.38. The van der Waals surface area contributed by atoms with Gasteiger partial charge in [0.2, 0.25) is 23.6 Å². The molecule has 4 amide bonds. The highest BCUT2D eigenvalue weighted by Crippen LogP contribution is 2.03. The number of nitrogens with two attached hydrogens (primary N) is 2. The van der Waals surface area contributed by atoms with Crippen molar-refractivity contribution < 1.29 is 19.2 Å². The van der Waals surface area contributed by atoms with Crippen LogP contribution in [0.3, 0.4) is 0 Å². The molecule has 8 N–H and O–H groups in total. The Morgan fingerprint density at radius 1 is 0.512 bits per heavy atom. The van der Waals surface area contributed by atoms with Gasteiger partial charge in [-0.05, 0) is 44.2 Å².